The minimum atomic E-state index is -0.390. The number of aliphatic hydroxyl groups is 2. The lowest BCUT2D eigenvalue weighted by molar-refractivity contribution is 0.375. The number of hydrogen-bond acceptors (Lipinski definition) is 4. The first kappa shape index (κ1) is 7.79. The van der Waals surface area contributed by atoms with Crippen molar-refractivity contribution in [3.05, 3.63) is 29.0 Å². The molecule has 68 valence electrons. The van der Waals surface area contributed by atoms with Crippen LogP contribution in [0.1, 0.15) is 11.1 Å². The Kier molecular flexibility index (Phi) is 1.39. The molecule has 0 unspecified atom stereocenters. The van der Waals surface area contributed by atoms with Crippen LogP contribution in [-0.2, 0) is 6.42 Å². The van der Waals surface area contributed by atoms with E-state index in [1.54, 1.807) is 6.07 Å². The molecule has 0 spiro atoms. The van der Waals surface area contributed by atoms with Crippen molar-refractivity contribution in [2.75, 3.05) is 0 Å². The highest BCUT2D eigenvalue weighted by molar-refractivity contribution is 5.76. The minimum Gasteiger partial charge on any atom is -0.508 e. The number of phenolic OH excluding ortho intramolecular Hbond substituents is 2. The SMILES string of the molecule is OC1=C(O)c2c(ccc(O)c2O)C1. The number of fused-ring (bicyclic) bond motifs is 1. The molecule has 4 nitrogen and oxygen atoms in total. The normalized spacial score (nSPS) is 14.8. The van der Waals surface area contributed by atoms with Crippen molar-refractivity contribution < 1.29 is 20.4 Å². The highest BCUT2D eigenvalue weighted by Gasteiger charge is 2.25. The van der Waals surface area contributed by atoms with Gasteiger partial charge in [-0.15, -0.1) is 0 Å². The van der Waals surface area contributed by atoms with Crippen molar-refractivity contribution in [3.8, 4) is 11.5 Å². The van der Waals surface area contributed by atoms with Gasteiger partial charge in [-0.25, -0.2) is 0 Å². The largest absolute Gasteiger partial charge is 0.508 e. The zero-order chi connectivity index (χ0) is 9.59. The number of hydrogen-bond donors (Lipinski definition) is 4. The van der Waals surface area contributed by atoms with Gasteiger partial charge in [0.25, 0.3) is 0 Å². The average Bonchev–Trinajstić information content (AvgIpc) is 2.37. The summed E-state index contributed by atoms with van der Waals surface area (Å²) in [6.45, 7) is 0. The summed E-state index contributed by atoms with van der Waals surface area (Å²) in [5.41, 5.74) is 0.725. The Hall–Kier alpha value is -1.84. The second kappa shape index (κ2) is 2.32. The highest BCUT2D eigenvalue weighted by atomic mass is 16.3. The monoisotopic (exact) mass is 180 g/mol. The molecule has 0 saturated heterocycles. The first-order valence-corrected chi connectivity index (χ1v) is 3.76. The highest BCUT2D eigenvalue weighted by Crippen LogP contribution is 2.40. The maximum atomic E-state index is 9.35. The fourth-order valence-electron chi connectivity index (χ4n) is 1.44. The number of rotatable bonds is 0. The van der Waals surface area contributed by atoms with Crippen LogP contribution in [-0.4, -0.2) is 20.4 Å². The van der Waals surface area contributed by atoms with Crippen molar-refractivity contribution in [2.24, 2.45) is 0 Å². The Balaban J connectivity index is 2.71. The van der Waals surface area contributed by atoms with Gasteiger partial charge < -0.3 is 20.4 Å². The first-order chi connectivity index (χ1) is 6.11. The molecule has 13 heavy (non-hydrogen) atoms. The van der Waals surface area contributed by atoms with E-state index in [0.717, 1.165) is 0 Å². The zero-order valence-corrected chi connectivity index (χ0v) is 6.65. The standard InChI is InChI=1S/C9H8O4/c10-5-2-1-4-3-6(11)9(13)7(4)8(5)12/h1-2,10-13H,3H2. The molecule has 0 radical (unpaired) electrons. The molecule has 0 bridgehead atoms. The van der Waals surface area contributed by atoms with Crippen molar-refractivity contribution in [1.82, 2.24) is 0 Å². The van der Waals surface area contributed by atoms with Gasteiger partial charge in [0, 0.05) is 6.42 Å². The first-order valence-electron chi connectivity index (χ1n) is 3.76. The van der Waals surface area contributed by atoms with Gasteiger partial charge in [-0.2, -0.15) is 0 Å². The van der Waals surface area contributed by atoms with E-state index in [4.69, 9.17) is 5.11 Å². The third kappa shape index (κ3) is 0.917. The summed E-state index contributed by atoms with van der Waals surface area (Å²) in [5.74, 6) is -1.24. The molecule has 1 aromatic carbocycles. The Labute approximate surface area is 74.0 Å². The van der Waals surface area contributed by atoms with Crippen LogP contribution in [0.25, 0.3) is 5.76 Å². The number of allylic oxidation sites excluding steroid dienone is 1. The van der Waals surface area contributed by atoms with E-state index < -0.39 is 0 Å². The summed E-state index contributed by atoms with van der Waals surface area (Å²) in [6.07, 6.45) is 0.189. The van der Waals surface area contributed by atoms with E-state index >= 15 is 0 Å². The molecule has 0 fully saturated rings. The third-order valence-corrected chi connectivity index (χ3v) is 2.11. The average molecular weight is 180 g/mol. The van der Waals surface area contributed by atoms with Gasteiger partial charge in [0.2, 0.25) is 0 Å². The van der Waals surface area contributed by atoms with Crippen LogP contribution < -0.4 is 0 Å². The minimum absolute atomic E-state index is 0.123. The summed E-state index contributed by atoms with van der Waals surface area (Å²) < 4.78 is 0. The van der Waals surface area contributed by atoms with Crippen molar-refractivity contribution in [2.45, 2.75) is 6.42 Å². The second-order valence-corrected chi connectivity index (χ2v) is 2.94. The molecule has 0 atom stereocenters. The van der Waals surface area contributed by atoms with E-state index in [0.29, 0.717) is 5.56 Å². The molecule has 1 aliphatic rings. The zero-order valence-electron chi connectivity index (χ0n) is 6.65. The quantitative estimate of drug-likeness (QED) is 0.455. The molecule has 0 saturated carbocycles. The molecule has 0 heterocycles. The summed E-state index contributed by atoms with van der Waals surface area (Å²) in [7, 11) is 0. The number of phenols is 2. The van der Waals surface area contributed by atoms with Crippen molar-refractivity contribution >= 4 is 5.76 Å². The van der Waals surface area contributed by atoms with Crippen LogP contribution >= 0.6 is 0 Å². The number of aromatic hydroxyl groups is 2. The molecule has 1 aromatic rings. The predicted octanol–water partition coefficient (Wildman–Crippen LogP) is 1.44. The number of benzene rings is 1. The van der Waals surface area contributed by atoms with E-state index in [-0.39, 0.29) is 35.0 Å². The van der Waals surface area contributed by atoms with Crippen LogP contribution in [0, 0.1) is 0 Å². The Morgan fingerprint density at radius 2 is 1.69 bits per heavy atom. The smallest absolute Gasteiger partial charge is 0.169 e. The van der Waals surface area contributed by atoms with Gasteiger partial charge in [-0.1, -0.05) is 6.07 Å². The van der Waals surface area contributed by atoms with Crippen LogP contribution in [0.4, 0.5) is 0 Å². The Morgan fingerprint density at radius 1 is 1.00 bits per heavy atom. The Bertz CT molecular complexity index is 406. The third-order valence-electron chi connectivity index (χ3n) is 2.11. The summed E-state index contributed by atoms with van der Waals surface area (Å²) >= 11 is 0. The topological polar surface area (TPSA) is 80.9 Å². The van der Waals surface area contributed by atoms with Gasteiger partial charge in [0.05, 0.1) is 5.56 Å². The van der Waals surface area contributed by atoms with Crippen LogP contribution in [0.2, 0.25) is 0 Å². The summed E-state index contributed by atoms with van der Waals surface area (Å²) in [4.78, 5) is 0. The maximum Gasteiger partial charge on any atom is 0.169 e. The lowest BCUT2D eigenvalue weighted by atomic mass is 10.1. The van der Waals surface area contributed by atoms with Crippen LogP contribution in [0.3, 0.4) is 0 Å². The summed E-state index contributed by atoms with van der Waals surface area (Å²) in [6, 6.07) is 2.86. The van der Waals surface area contributed by atoms with E-state index in [2.05, 4.69) is 0 Å². The molecule has 0 aromatic heterocycles. The lowest BCUT2D eigenvalue weighted by Crippen LogP contribution is -1.85. The second-order valence-electron chi connectivity index (χ2n) is 2.94. The van der Waals surface area contributed by atoms with Gasteiger partial charge in [0.15, 0.2) is 17.3 Å². The predicted molar refractivity (Wildman–Crippen MR) is 45.7 cm³/mol. The fraction of sp³-hybridized carbons (Fsp3) is 0.111. The van der Waals surface area contributed by atoms with Gasteiger partial charge in [-0.05, 0) is 11.6 Å². The van der Waals surface area contributed by atoms with Crippen molar-refractivity contribution in [1.29, 1.82) is 0 Å². The molecule has 4 heteroatoms. The van der Waals surface area contributed by atoms with Crippen molar-refractivity contribution in [3.63, 3.8) is 0 Å². The molecule has 4 N–H and O–H groups in total. The molecule has 0 amide bonds. The Morgan fingerprint density at radius 3 is 2.38 bits per heavy atom. The summed E-state index contributed by atoms with van der Waals surface area (Å²) in [5, 5.41) is 37.0. The lowest BCUT2D eigenvalue weighted by Gasteiger charge is -2.04. The molecular formula is C9H8O4. The molecule has 2 rings (SSSR count). The van der Waals surface area contributed by atoms with E-state index in [1.807, 2.05) is 0 Å². The van der Waals surface area contributed by atoms with Gasteiger partial charge in [-0.3, -0.25) is 0 Å². The van der Waals surface area contributed by atoms with Crippen LogP contribution in [0.15, 0.2) is 17.9 Å². The molecule has 0 aliphatic heterocycles. The maximum absolute atomic E-state index is 9.35. The van der Waals surface area contributed by atoms with Gasteiger partial charge in [0.1, 0.15) is 5.76 Å². The molecular weight excluding hydrogens is 172 g/mol. The molecule has 1 aliphatic carbocycles. The fourth-order valence-corrected chi connectivity index (χ4v) is 1.44. The van der Waals surface area contributed by atoms with Gasteiger partial charge >= 0.3 is 0 Å². The van der Waals surface area contributed by atoms with E-state index in [1.165, 1.54) is 6.07 Å². The van der Waals surface area contributed by atoms with Crippen LogP contribution in [0.5, 0.6) is 11.5 Å². The number of aliphatic hydroxyl groups excluding tert-OH is 2. The van der Waals surface area contributed by atoms with E-state index in [9.17, 15) is 15.3 Å².